The van der Waals surface area contributed by atoms with Crippen LogP contribution in [0, 0.1) is 20.8 Å². The van der Waals surface area contributed by atoms with Gasteiger partial charge in [-0.25, -0.2) is 0 Å². The van der Waals surface area contributed by atoms with Crippen molar-refractivity contribution in [3.8, 4) is 16.9 Å². The minimum Gasteiger partial charge on any atom is -0.406 e. The second-order valence-electron chi connectivity index (χ2n) is 4.82. The second-order valence-corrected chi connectivity index (χ2v) is 4.82. The standard InChI is InChI=1S/C16H15F3O.C2H6/c1-10-8-12(3)15(9-11(10)2)13-4-6-14(7-5-13)20-16(17,18)19;1-2/h4-9H,1-3H3;1-2H3. The highest BCUT2D eigenvalue weighted by atomic mass is 19.4. The number of rotatable bonds is 2. The predicted molar refractivity (Wildman–Crippen MR) is 84.1 cm³/mol. The summed E-state index contributed by atoms with van der Waals surface area (Å²) in [5.41, 5.74) is 5.34. The average Bonchev–Trinajstić information content (AvgIpc) is 2.44. The number of benzene rings is 2. The van der Waals surface area contributed by atoms with E-state index in [2.05, 4.69) is 10.8 Å². The molecule has 2 rings (SSSR count). The topological polar surface area (TPSA) is 9.23 Å². The van der Waals surface area contributed by atoms with E-state index in [-0.39, 0.29) is 5.75 Å². The second kappa shape index (κ2) is 7.34. The van der Waals surface area contributed by atoms with Gasteiger partial charge in [-0.1, -0.05) is 38.1 Å². The van der Waals surface area contributed by atoms with Crippen LogP contribution in [0.4, 0.5) is 13.2 Å². The number of hydrogen-bond acceptors (Lipinski definition) is 1. The van der Waals surface area contributed by atoms with Crippen LogP contribution in [0.5, 0.6) is 5.75 Å². The number of alkyl halides is 3. The smallest absolute Gasteiger partial charge is 0.406 e. The largest absolute Gasteiger partial charge is 0.573 e. The molecule has 0 saturated carbocycles. The van der Waals surface area contributed by atoms with Crippen molar-refractivity contribution in [1.82, 2.24) is 0 Å². The van der Waals surface area contributed by atoms with Gasteiger partial charge < -0.3 is 4.74 Å². The van der Waals surface area contributed by atoms with Gasteiger partial charge in [-0.3, -0.25) is 0 Å². The fourth-order valence-electron chi connectivity index (χ4n) is 2.11. The van der Waals surface area contributed by atoms with Gasteiger partial charge in [0.15, 0.2) is 0 Å². The molecule has 0 fully saturated rings. The van der Waals surface area contributed by atoms with E-state index in [9.17, 15) is 13.2 Å². The number of aryl methyl sites for hydroxylation is 3. The summed E-state index contributed by atoms with van der Waals surface area (Å²) in [6.45, 7) is 10.0. The summed E-state index contributed by atoms with van der Waals surface area (Å²) in [4.78, 5) is 0. The number of ether oxygens (including phenoxy) is 1. The van der Waals surface area contributed by atoms with Gasteiger partial charge in [0, 0.05) is 0 Å². The molecular formula is C18H21F3O. The maximum absolute atomic E-state index is 12.1. The van der Waals surface area contributed by atoms with Crippen molar-refractivity contribution in [2.75, 3.05) is 0 Å². The highest BCUT2D eigenvalue weighted by molar-refractivity contribution is 5.69. The first-order valence-corrected chi connectivity index (χ1v) is 7.20. The van der Waals surface area contributed by atoms with Gasteiger partial charge in [0.05, 0.1) is 0 Å². The van der Waals surface area contributed by atoms with Crippen LogP contribution in [-0.2, 0) is 0 Å². The fourth-order valence-corrected chi connectivity index (χ4v) is 2.11. The zero-order chi connectivity index (χ0) is 16.9. The highest BCUT2D eigenvalue weighted by Gasteiger charge is 2.30. The van der Waals surface area contributed by atoms with Crippen molar-refractivity contribution in [3.63, 3.8) is 0 Å². The summed E-state index contributed by atoms with van der Waals surface area (Å²) in [5.74, 6) is -0.206. The Labute approximate surface area is 129 Å². The predicted octanol–water partition coefficient (Wildman–Crippen LogP) is 6.20. The molecular weight excluding hydrogens is 289 g/mol. The zero-order valence-electron chi connectivity index (χ0n) is 13.5. The lowest BCUT2D eigenvalue weighted by atomic mass is 9.95. The maximum atomic E-state index is 12.1. The summed E-state index contributed by atoms with van der Waals surface area (Å²) < 4.78 is 40.2. The Morgan fingerprint density at radius 2 is 1.27 bits per heavy atom. The Morgan fingerprint density at radius 3 is 1.77 bits per heavy atom. The third-order valence-corrected chi connectivity index (χ3v) is 3.24. The van der Waals surface area contributed by atoms with Crippen LogP contribution in [0.25, 0.3) is 11.1 Å². The molecule has 22 heavy (non-hydrogen) atoms. The molecule has 1 nitrogen and oxygen atoms in total. The van der Waals surface area contributed by atoms with Crippen molar-refractivity contribution >= 4 is 0 Å². The Hall–Kier alpha value is -1.97. The van der Waals surface area contributed by atoms with Gasteiger partial charge in [-0.2, -0.15) is 0 Å². The van der Waals surface area contributed by atoms with Gasteiger partial charge >= 0.3 is 6.36 Å². The van der Waals surface area contributed by atoms with E-state index in [1.54, 1.807) is 12.1 Å². The third-order valence-electron chi connectivity index (χ3n) is 3.24. The molecule has 120 valence electrons. The third kappa shape index (κ3) is 4.79. The maximum Gasteiger partial charge on any atom is 0.573 e. The summed E-state index contributed by atoms with van der Waals surface area (Å²) in [7, 11) is 0. The molecule has 0 saturated heterocycles. The molecule has 0 aliphatic heterocycles. The molecule has 0 atom stereocenters. The quantitative estimate of drug-likeness (QED) is 0.641. The van der Waals surface area contributed by atoms with E-state index in [0.717, 1.165) is 22.3 Å². The van der Waals surface area contributed by atoms with Crippen molar-refractivity contribution in [2.45, 2.75) is 41.0 Å². The van der Waals surface area contributed by atoms with Crippen LogP contribution in [0.15, 0.2) is 36.4 Å². The van der Waals surface area contributed by atoms with Crippen LogP contribution < -0.4 is 4.74 Å². The number of hydrogen-bond donors (Lipinski definition) is 0. The molecule has 0 spiro atoms. The van der Waals surface area contributed by atoms with E-state index in [1.165, 1.54) is 17.7 Å². The van der Waals surface area contributed by atoms with Crippen molar-refractivity contribution < 1.29 is 17.9 Å². The molecule has 0 bridgehead atoms. The van der Waals surface area contributed by atoms with Crippen molar-refractivity contribution in [3.05, 3.63) is 53.1 Å². The zero-order valence-corrected chi connectivity index (χ0v) is 13.5. The van der Waals surface area contributed by atoms with Crippen LogP contribution in [0.1, 0.15) is 30.5 Å². The molecule has 0 heterocycles. The Kier molecular flexibility index (Phi) is 6.03. The fraction of sp³-hybridized carbons (Fsp3) is 0.333. The molecule has 2 aromatic rings. The lowest BCUT2D eigenvalue weighted by molar-refractivity contribution is -0.274. The first kappa shape index (κ1) is 18.1. The van der Waals surface area contributed by atoms with Crippen LogP contribution in [0.3, 0.4) is 0 Å². The first-order valence-electron chi connectivity index (χ1n) is 7.20. The molecule has 0 radical (unpaired) electrons. The van der Waals surface area contributed by atoms with E-state index < -0.39 is 6.36 Å². The average molecular weight is 310 g/mol. The Bertz CT molecular complexity index is 613. The molecule has 0 unspecified atom stereocenters. The summed E-state index contributed by atoms with van der Waals surface area (Å²) >= 11 is 0. The van der Waals surface area contributed by atoms with Gasteiger partial charge in [-0.05, 0) is 60.7 Å². The van der Waals surface area contributed by atoms with Crippen LogP contribution in [0.2, 0.25) is 0 Å². The van der Waals surface area contributed by atoms with E-state index in [1.807, 2.05) is 40.7 Å². The molecule has 0 N–H and O–H groups in total. The van der Waals surface area contributed by atoms with Crippen molar-refractivity contribution in [1.29, 1.82) is 0 Å². The van der Waals surface area contributed by atoms with Crippen LogP contribution >= 0.6 is 0 Å². The normalized spacial score (nSPS) is 10.7. The summed E-state index contributed by atoms with van der Waals surface area (Å²) in [6, 6.07) is 10.1. The first-order chi connectivity index (χ1) is 10.3. The van der Waals surface area contributed by atoms with Gasteiger partial charge in [0.1, 0.15) is 5.75 Å². The van der Waals surface area contributed by atoms with Gasteiger partial charge in [0.25, 0.3) is 0 Å². The van der Waals surface area contributed by atoms with E-state index in [0.29, 0.717) is 0 Å². The number of halogens is 3. The lowest BCUT2D eigenvalue weighted by Gasteiger charge is -2.12. The Balaban J connectivity index is 0.00000116. The van der Waals surface area contributed by atoms with Gasteiger partial charge in [-0.15, -0.1) is 13.2 Å². The molecule has 0 aliphatic rings. The van der Waals surface area contributed by atoms with E-state index in [4.69, 9.17) is 0 Å². The lowest BCUT2D eigenvalue weighted by Crippen LogP contribution is -2.16. The molecule has 4 heteroatoms. The van der Waals surface area contributed by atoms with Crippen LogP contribution in [-0.4, -0.2) is 6.36 Å². The molecule has 0 aliphatic carbocycles. The Morgan fingerprint density at radius 1 is 0.773 bits per heavy atom. The van der Waals surface area contributed by atoms with Crippen molar-refractivity contribution in [2.24, 2.45) is 0 Å². The van der Waals surface area contributed by atoms with Gasteiger partial charge in [0.2, 0.25) is 0 Å². The summed E-state index contributed by atoms with van der Waals surface area (Å²) in [5, 5.41) is 0. The molecule has 2 aromatic carbocycles. The minimum atomic E-state index is -4.65. The molecule has 0 aromatic heterocycles. The highest BCUT2D eigenvalue weighted by Crippen LogP contribution is 2.29. The SMILES string of the molecule is CC.Cc1cc(C)c(-c2ccc(OC(F)(F)F)cc2)cc1C. The van der Waals surface area contributed by atoms with E-state index >= 15 is 0 Å². The monoisotopic (exact) mass is 310 g/mol. The molecule has 0 amide bonds. The minimum absolute atomic E-state index is 0.206. The summed E-state index contributed by atoms with van der Waals surface area (Å²) in [6.07, 6.45) is -4.65.